The fourth-order valence-corrected chi connectivity index (χ4v) is 11.2. The van der Waals surface area contributed by atoms with E-state index in [0.717, 1.165) is 44.6 Å². The van der Waals surface area contributed by atoms with Crippen molar-refractivity contribution in [3.63, 3.8) is 0 Å². The smallest absolute Gasteiger partial charge is 0.136 e. The van der Waals surface area contributed by atoms with Crippen LogP contribution in [-0.2, 0) is 10.8 Å². The topological polar surface area (TPSA) is 16.4 Å². The Balaban J connectivity index is 0.909. The maximum absolute atomic E-state index is 6.32. The van der Waals surface area contributed by atoms with E-state index in [4.69, 9.17) is 4.42 Å². The van der Waals surface area contributed by atoms with Crippen molar-refractivity contribution < 1.29 is 4.42 Å². The van der Waals surface area contributed by atoms with Gasteiger partial charge >= 0.3 is 0 Å². The average molecular weight is 846 g/mol. The molecule has 0 atom stereocenters. The average Bonchev–Trinajstić information content (AvgIpc) is 3.92. The number of fused-ring (bicyclic) bond motifs is 10. The molecule has 0 N–H and O–H groups in total. The molecule has 13 rings (SSSR count). The van der Waals surface area contributed by atoms with Crippen molar-refractivity contribution in [2.24, 2.45) is 0 Å². The Labute approximate surface area is 386 Å². The van der Waals surface area contributed by atoms with E-state index in [1.54, 1.807) is 0 Å². The van der Waals surface area contributed by atoms with E-state index in [9.17, 15) is 0 Å². The summed E-state index contributed by atoms with van der Waals surface area (Å²) in [7, 11) is 0. The first-order chi connectivity index (χ1) is 32.2. The van der Waals surface area contributed by atoms with Gasteiger partial charge in [0, 0.05) is 38.7 Å². The van der Waals surface area contributed by atoms with Gasteiger partial charge in [-0.05, 0) is 161 Å². The summed E-state index contributed by atoms with van der Waals surface area (Å²) in [5.41, 5.74) is 22.7. The Morgan fingerprint density at radius 2 is 0.742 bits per heavy atom. The minimum atomic E-state index is -0.232. The molecule has 2 aliphatic carbocycles. The molecule has 0 saturated heterocycles. The molecule has 1 aromatic heterocycles. The molecule has 0 aliphatic heterocycles. The molecule has 0 saturated carbocycles. The van der Waals surface area contributed by atoms with Crippen molar-refractivity contribution in [1.29, 1.82) is 0 Å². The van der Waals surface area contributed by atoms with Gasteiger partial charge in [-0.1, -0.05) is 167 Å². The largest absolute Gasteiger partial charge is 0.456 e. The lowest BCUT2D eigenvalue weighted by molar-refractivity contribution is 0.660. The molecule has 66 heavy (non-hydrogen) atoms. The molecule has 1 heterocycles. The van der Waals surface area contributed by atoms with E-state index in [1.165, 1.54) is 83.1 Å². The molecule has 0 unspecified atom stereocenters. The van der Waals surface area contributed by atoms with Crippen LogP contribution in [0.25, 0.3) is 88.3 Å². The van der Waals surface area contributed by atoms with Gasteiger partial charge < -0.3 is 9.32 Å². The summed E-state index contributed by atoms with van der Waals surface area (Å²) in [6.45, 7) is 9.54. The molecule has 2 aliphatic rings. The highest BCUT2D eigenvalue weighted by atomic mass is 16.3. The van der Waals surface area contributed by atoms with Crippen molar-refractivity contribution in [1.82, 2.24) is 0 Å². The summed E-state index contributed by atoms with van der Waals surface area (Å²) in [6.07, 6.45) is 0. The van der Waals surface area contributed by atoms with Crippen LogP contribution < -0.4 is 4.90 Å². The van der Waals surface area contributed by atoms with Crippen LogP contribution in [0.4, 0.5) is 17.1 Å². The summed E-state index contributed by atoms with van der Waals surface area (Å²) in [5.74, 6) is 0. The van der Waals surface area contributed by atoms with E-state index in [-0.39, 0.29) is 10.8 Å². The zero-order valence-corrected chi connectivity index (χ0v) is 37.6. The van der Waals surface area contributed by atoms with Crippen LogP contribution in [0.1, 0.15) is 49.9 Å². The third-order valence-electron chi connectivity index (χ3n) is 14.9. The van der Waals surface area contributed by atoms with Crippen LogP contribution in [0, 0.1) is 0 Å². The van der Waals surface area contributed by atoms with Crippen molar-refractivity contribution >= 4 is 49.8 Å². The summed E-state index contributed by atoms with van der Waals surface area (Å²) < 4.78 is 6.32. The third-order valence-corrected chi connectivity index (χ3v) is 14.9. The lowest BCUT2D eigenvalue weighted by atomic mass is 9.81. The number of rotatable bonds is 6. The lowest BCUT2D eigenvalue weighted by Crippen LogP contribution is -2.18. The van der Waals surface area contributed by atoms with Crippen molar-refractivity contribution in [3.8, 4) is 55.6 Å². The summed E-state index contributed by atoms with van der Waals surface area (Å²) in [6, 6.07) is 78.5. The van der Waals surface area contributed by atoms with E-state index >= 15 is 0 Å². The molecule has 2 heteroatoms. The number of benzene rings is 10. The van der Waals surface area contributed by atoms with E-state index < -0.39 is 0 Å². The first-order valence-corrected chi connectivity index (χ1v) is 23.1. The van der Waals surface area contributed by atoms with E-state index in [1.807, 2.05) is 12.1 Å². The fourth-order valence-electron chi connectivity index (χ4n) is 11.2. The first kappa shape index (κ1) is 38.5. The number of anilines is 3. The molecule has 0 amide bonds. The van der Waals surface area contributed by atoms with Gasteiger partial charge in [-0.25, -0.2) is 0 Å². The predicted octanol–water partition coefficient (Wildman–Crippen LogP) is 17.8. The highest BCUT2D eigenvalue weighted by molar-refractivity contribution is 6.06. The van der Waals surface area contributed by atoms with Crippen LogP contribution >= 0.6 is 0 Å². The maximum Gasteiger partial charge on any atom is 0.136 e. The summed E-state index contributed by atoms with van der Waals surface area (Å²) in [4.78, 5) is 2.46. The SMILES string of the molecule is CC1(C)c2cc(-c3ccccc3)ccc2-c2ccc(N(c3ccc(-c4ccc5ccccc5c4)cc3)c3ccc4c(c3)C(C)(C)c3cc(-c5ccc6c(c5)oc5ccccc56)ccc3-4)cc21. The zero-order valence-electron chi connectivity index (χ0n) is 37.6. The van der Waals surface area contributed by atoms with Crippen LogP contribution in [0.2, 0.25) is 0 Å². The maximum atomic E-state index is 6.32. The van der Waals surface area contributed by atoms with Crippen molar-refractivity contribution in [3.05, 3.63) is 235 Å². The van der Waals surface area contributed by atoms with Crippen LogP contribution in [0.5, 0.6) is 0 Å². The molecule has 0 fully saturated rings. The molecule has 2 nitrogen and oxygen atoms in total. The minimum Gasteiger partial charge on any atom is -0.456 e. The first-order valence-electron chi connectivity index (χ1n) is 23.1. The van der Waals surface area contributed by atoms with Crippen molar-refractivity contribution in [2.75, 3.05) is 4.90 Å². The van der Waals surface area contributed by atoms with Gasteiger partial charge in [0.2, 0.25) is 0 Å². The molecule has 0 spiro atoms. The van der Waals surface area contributed by atoms with Gasteiger partial charge in [-0.3, -0.25) is 0 Å². The highest BCUT2D eigenvalue weighted by Crippen LogP contribution is 2.54. The van der Waals surface area contributed by atoms with Crippen LogP contribution in [0.15, 0.2) is 217 Å². The quantitative estimate of drug-likeness (QED) is 0.166. The van der Waals surface area contributed by atoms with Gasteiger partial charge in [0.1, 0.15) is 11.2 Å². The Morgan fingerprint density at radius 3 is 1.41 bits per heavy atom. The molecule has 314 valence electrons. The standard InChI is InChI=1S/C64H47NO/c1-63(2)57-35-45(40-12-6-5-7-13-40)22-29-51(57)53-32-27-49(38-59(53)63)65(48-25-20-42(21-26-48)44-19-18-41-14-8-9-15-43(41)34-44)50-28-33-54-52-30-23-46(36-58(52)64(3,4)60(54)39-50)47-24-31-56-55-16-10-11-17-61(55)66-62(56)37-47/h5-39H,1-4H3. The van der Waals surface area contributed by atoms with Gasteiger partial charge in [-0.2, -0.15) is 0 Å². The summed E-state index contributed by atoms with van der Waals surface area (Å²) >= 11 is 0. The fraction of sp³-hybridized carbons (Fsp3) is 0.0938. The van der Waals surface area contributed by atoms with Crippen LogP contribution in [0.3, 0.4) is 0 Å². The normalized spacial score (nSPS) is 14.0. The zero-order chi connectivity index (χ0) is 44.3. The predicted molar refractivity (Wildman–Crippen MR) is 277 cm³/mol. The second kappa shape index (κ2) is 14.3. The molecule has 0 radical (unpaired) electrons. The Kier molecular flexibility index (Phi) is 8.33. The van der Waals surface area contributed by atoms with Gasteiger partial charge in [0.25, 0.3) is 0 Å². The Hall–Kier alpha value is -7.94. The number of hydrogen-bond acceptors (Lipinski definition) is 2. The third kappa shape index (κ3) is 5.88. The lowest BCUT2D eigenvalue weighted by Gasteiger charge is -2.30. The second-order valence-electron chi connectivity index (χ2n) is 19.3. The Morgan fingerprint density at radius 1 is 0.303 bits per heavy atom. The molecule has 0 bridgehead atoms. The van der Waals surface area contributed by atoms with E-state index in [2.05, 4.69) is 233 Å². The number of furan rings is 1. The van der Waals surface area contributed by atoms with Gasteiger partial charge in [-0.15, -0.1) is 0 Å². The van der Waals surface area contributed by atoms with Gasteiger partial charge in [0.05, 0.1) is 0 Å². The number of para-hydroxylation sites is 1. The Bertz CT molecular complexity index is 3760. The highest BCUT2D eigenvalue weighted by Gasteiger charge is 2.38. The van der Waals surface area contributed by atoms with E-state index in [0.29, 0.717) is 0 Å². The molecule has 11 aromatic rings. The summed E-state index contributed by atoms with van der Waals surface area (Å²) in [5, 5.41) is 4.81. The molecular weight excluding hydrogens is 799 g/mol. The molecular formula is C64H47NO. The van der Waals surface area contributed by atoms with Crippen LogP contribution in [-0.4, -0.2) is 0 Å². The number of hydrogen-bond donors (Lipinski definition) is 0. The second-order valence-corrected chi connectivity index (χ2v) is 19.3. The minimum absolute atomic E-state index is 0.189. The number of nitrogens with zero attached hydrogens (tertiary/aromatic N) is 1. The monoisotopic (exact) mass is 845 g/mol. The van der Waals surface area contributed by atoms with Gasteiger partial charge in [0.15, 0.2) is 0 Å². The molecule has 10 aromatic carbocycles. The van der Waals surface area contributed by atoms with Crippen molar-refractivity contribution in [2.45, 2.75) is 38.5 Å².